The van der Waals surface area contributed by atoms with Crippen molar-refractivity contribution in [1.29, 1.82) is 0 Å². The number of pyridine rings is 1. The lowest BCUT2D eigenvalue weighted by atomic mass is 9.89. The van der Waals surface area contributed by atoms with Gasteiger partial charge in [0.1, 0.15) is 5.75 Å². The standard InChI is InChI=1S/C21H22Cl2N2O5/c1-10-5-16(29-2)14(20(27)24-10)7-25-4-3-12-15(22)6-13(18(23)17(12)21(25)28)19(26)11-8-30-9-11/h5-6,11,19,26H,3-4,7-9H2,1-2H3,(H,24,27)/t19-/m1/s1. The van der Waals surface area contributed by atoms with E-state index in [0.717, 1.165) is 0 Å². The van der Waals surface area contributed by atoms with E-state index in [9.17, 15) is 14.7 Å². The highest BCUT2D eigenvalue weighted by atomic mass is 35.5. The minimum Gasteiger partial charge on any atom is -0.496 e. The summed E-state index contributed by atoms with van der Waals surface area (Å²) in [4.78, 5) is 30.1. The first kappa shape index (κ1) is 21.2. The van der Waals surface area contributed by atoms with Gasteiger partial charge in [-0.25, -0.2) is 0 Å². The Morgan fingerprint density at radius 1 is 1.33 bits per heavy atom. The van der Waals surface area contributed by atoms with Crippen molar-refractivity contribution in [3.8, 4) is 5.75 Å². The fourth-order valence-electron chi connectivity index (χ4n) is 3.92. The number of ether oxygens (including phenoxy) is 2. The second-order valence-electron chi connectivity index (χ2n) is 7.66. The fraction of sp³-hybridized carbons (Fsp3) is 0.429. The number of benzene rings is 1. The lowest BCUT2D eigenvalue weighted by Gasteiger charge is -2.34. The Morgan fingerprint density at radius 3 is 2.70 bits per heavy atom. The number of carbonyl (C=O) groups excluding carboxylic acids is 1. The minimum atomic E-state index is -0.864. The van der Waals surface area contributed by atoms with Crippen molar-refractivity contribution in [2.24, 2.45) is 5.92 Å². The van der Waals surface area contributed by atoms with E-state index in [-0.39, 0.29) is 34.5 Å². The summed E-state index contributed by atoms with van der Waals surface area (Å²) in [7, 11) is 1.49. The molecule has 0 bridgehead atoms. The summed E-state index contributed by atoms with van der Waals surface area (Å²) in [6, 6.07) is 3.36. The molecule has 2 aromatic rings. The normalized spacial score (nSPS) is 17.5. The number of hydrogen-bond acceptors (Lipinski definition) is 5. The Balaban J connectivity index is 1.70. The molecule has 30 heavy (non-hydrogen) atoms. The number of methoxy groups -OCH3 is 1. The second-order valence-corrected chi connectivity index (χ2v) is 8.45. The number of fused-ring (bicyclic) bond motifs is 1. The Kier molecular flexibility index (Phi) is 5.81. The average Bonchev–Trinajstić information content (AvgIpc) is 2.66. The van der Waals surface area contributed by atoms with Gasteiger partial charge in [0.05, 0.1) is 49.1 Å². The Morgan fingerprint density at radius 2 is 2.07 bits per heavy atom. The number of halogens is 2. The number of aliphatic hydroxyl groups is 1. The molecule has 0 aliphatic carbocycles. The molecule has 1 atom stereocenters. The molecule has 1 aromatic heterocycles. The van der Waals surface area contributed by atoms with E-state index >= 15 is 0 Å². The molecule has 1 fully saturated rings. The van der Waals surface area contributed by atoms with E-state index < -0.39 is 6.10 Å². The highest BCUT2D eigenvalue weighted by Gasteiger charge is 2.35. The summed E-state index contributed by atoms with van der Waals surface area (Å²) >= 11 is 13.0. The van der Waals surface area contributed by atoms with Crippen molar-refractivity contribution in [3.05, 3.63) is 60.5 Å². The number of nitrogens with zero attached hydrogens (tertiary/aromatic N) is 1. The van der Waals surface area contributed by atoms with Gasteiger partial charge in [-0.15, -0.1) is 0 Å². The first-order chi connectivity index (χ1) is 14.3. The van der Waals surface area contributed by atoms with E-state index in [1.165, 1.54) is 7.11 Å². The summed E-state index contributed by atoms with van der Waals surface area (Å²) in [6.45, 7) is 3.09. The summed E-state index contributed by atoms with van der Waals surface area (Å²) in [5.74, 6) is 0.0130. The maximum absolute atomic E-state index is 13.3. The third-order valence-corrected chi connectivity index (χ3v) is 6.45. The lowest BCUT2D eigenvalue weighted by Crippen LogP contribution is -2.39. The summed E-state index contributed by atoms with van der Waals surface area (Å²) in [6.07, 6.45) is -0.369. The number of carbonyl (C=O) groups is 1. The molecule has 0 radical (unpaired) electrons. The number of aliphatic hydroxyl groups excluding tert-OH is 1. The van der Waals surface area contributed by atoms with Gasteiger partial charge in [0, 0.05) is 28.7 Å². The van der Waals surface area contributed by atoms with Crippen LogP contribution in [0.3, 0.4) is 0 Å². The van der Waals surface area contributed by atoms with E-state index in [4.69, 9.17) is 32.7 Å². The van der Waals surface area contributed by atoms with Gasteiger partial charge in [-0.3, -0.25) is 9.59 Å². The molecule has 3 heterocycles. The lowest BCUT2D eigenvalue weighted by molar-refractivity contribution is -0.0923. The molecule has 1 aromatic carbocycles. The highest BCUT2D eigenvalue weighted by molar-refractivity contribution is 6.37. The Hall–Kier alpha value is -2.06. The number of amides is 1. The zero-order chi connectivity index (χ0) is 21.6. The molecule has 1 amide bonds. The predicted octanol–water partition coefficient (Wildman–Crippen LogP) is 2.88. The van der Waals surface area contributed by atoms with Crippen LogP contribution in [0.2, 0.25) is 10.0 Å². The van der Waals surface area contributed by atoms with Crippen molar-refractivity contribution in [3.63, 3.8) is 0 Å². The van der Waals surface area contributed by atoms with Gasteiger partial charge in [-0.2, -0.15) is 0 Å². The molecule has 9 heteroatoms. The Bertz CT molecular complexity index is 1060. The van der Waals surface area contributed by atoms with Gasteiger partial charge >= 0.3 is 0 Å². The molecule has 0 spiro atoms. The topological polar surface area (TPSA) is 91.9 Å². The molecule has 2 N–H and O–H groups in total. The van der Waals surface area contributed by atoms with E-state index in [1.54, 1.807) is 24.0 Å². The number of hydrogen-bond donors (Lipinski definition) is 2. The number of aromatic amines is 1. The molecule has 0 saturated carbocycles. The monoisotopic (exact) mass is 452 g/mol. The maximum Gasteiger partial charge on any atom is 0.256 e. The number of H-pyrrole nitrogens is 1. The third-order valence-electron chi connectivity index (χ3n) is 5.71. The van der Waals surface area contributed by atoms with Crippen LogP contribution >= 0.6 is 23.2 Å². The summed E-state index contributed by atoms with van der Waals surface area (Å²) in [5, 5.41) is 11.3. The summed E-state index contributed by atoms with van der Waals surface area (Å²) in [5.41, 5.74) is 2.11. The van der Waals surface area contributed by atoms with Crippen LogP contribution in [0.15, 0.2) is 16.9 Å². The molecule has 160 valence electrons. The molecule has 4 rings (SSSR count). The zero-order valence-electron chi connectivity index (χ0n) is 16.6. The zero-order valence-corrected chi connectivity index (χ0v) is 18.1. The van der Waals surface area contributed by atoms with Crippen molar-refractivity contribution in [1.82, 2.24) is 9.88 Å². The van der Waals surface area contributed by atoms with E-state index in [0.29, 0.717) is 59.3 Å². The van der Waals surface area contributed by atoms with E-state index in [2.05, 4.69) is 4.98 Å². The van der Waals surface area contributed by atoms with Gasteiger partial charge in [-0.1, -0.05) is 23.2 Å². The maximum atomic E-state index is 13.3. The third kappa shape index (κ3) is 3.60. The largest absolute Gasteiger partial charge is 0.496 e. The first-order valence-electron chi connectivity index (χ1n) is 9.64. The van der Waals surface area contributed by atoms with Crippen molar-refractivity contribution in [2.75, 3.05) is 26.9 Å². The molecular weight excluding hydrogens is 431 g/mol. The first-order valence-corrected chi connectivity index (χ1v) is 10.4. The van der Waals surface area contributed by atoms with Crippen LogP contribution in [0.1, 0.15) is 38.8 Å². The second kappa shape index (κ2) is 8.23. The molecule has 2 aliphatic rings. The van der Waals surface area contributed by atoms with Crippen molar-refractivity contribution < 1.29 is 19.4 Å². The molecule has 7 nitrogen and oxygen atoms in total. The fourth-order valence-corrected chi connectivity index (χ4v) is 4.59. The highest BCUT2D eigenvalue weighted by Crippen LogP contribution is 2.40. The van der Waals surface area contributed by atoms with Crippen LogP contribution in [0.4, 0.5) is 0 Å². The van der Waals surface area contributed by atoms with E-state index in [1.807, 2.05) is 0 Å². The van der Waals surface area contributed by atoms with Crippen LogP contribution in [-0.2, 0) is 17.7 Å². The predicted molar refractivity (Wildman–Crippen MR) is 113 cm³/mol. The number of rotatable bonds is 5. The van der Waals surface area contributed by atoms with Crippen LogP contribution in [-0.4, -0.2) is 47.8 Å². The Labute approximate surface area is 183 Å². The van der Waals surface area contributed by atoms with Gasteiger partial charge in [0.15, 0.2) is 0 Å². The van der Waals surface area contributed by atoms with Gasteiger partial charge in [0.25, 0.3) is 11.5 Å². The molecule has 0 unspecified atom stereocenters. The van der Waals surface area contributed by atoms with Crippen LogP contribution < -0.4 is 10.3 Å². The quantitative estimate of drug-likeness (QED) is 0.727. The van der Waals surface area contributed by atoms with Gasteiger partial charge in [0.2, 0.25) is 0 Å². The number of aryl methyl sites for hydroxylation is 1. The van der Waals surface area contributed by atoms with Gasteiger partial charge < -0.3 is 24.5 Å². The van der Waals surface area contributed by atoms with Crippen molar-refractivity contribution in [2.45, 2.75) is 26.0 Å². The van der Waals surface area contributed by atoms with Crippen LogP contribution in [0, 0.1) is 12.8 Å². The SMILES string of the molecule is COc1cc(C)[nH]c(=O)c1CN1CCc2c(Cl)cc([C@H](O)C3COC3)c(Cl)c2C1=O. The summed E-state index contributed by atoms with van der Waals surface area (Å²) < 4.78 is 10.5. The molecular formula is C21H22Cl2N2O5. The number of nitrogens with one attached hydrogen (secondary N) is 1. The molecule has 1 saturated heterocycles. The average molecular weight is 453 g/mol. The molecule has 2 aliphatic heterocycles. The van der Waals surface area contributed by atoms with Gasteiger partial charge in [-0.05, 0) is 31.0 Å². The number of aromatic nitrogens is 1. The van der Waals surface area contributed by atoms with Crippen molar-refractivity contribution >= 4 is 29.1 Å². The minimum absolute atomic E-state index is 0.0776. The van der Waals surface area contributed by atoms with Crippen LogP contribution in [0.5, 0.6) is 5.75 Å². The van der Waals surface area contributed by atoms with Crippen LogP contribution in [0.25, 0.3) is 0 Å². The smallest absolute Gasteiger partial charge is 0.256 e.